The molecule has 0 spiro atoms. The molecule has 0 N–H and O–H groups in total. The Morgan fingerprint density at radius 2 is 2.05 bits per heavy atom. The first kappa shape index (κ1) is 16.5. The van der Waals surface area contributed by atoms with E-state index in [0.717, 1.165) is 25.0 Å². The molecule has 2 aliphatic carbocycles. The topological polar surface area (TPSA) is 17.1 Å². The molecule has 0 heterocycles. The molecule has 0 bridgehead atoms. The van der Waals surface area contributed by atoms with Gasteiger partial charge in [0, 0.05) is 0 Å². The molecule has 0 saturated heterocycles. The highest BCUT2D eigenvalue weighted by atomic mass is 16.1. The number of aldehydes is 1. The summed E-state index contributed by atoms with van der Waals surface area (Å²) in [6, 6.07) is 0. The van der Waals surface area contributed by atoms with Crippen LogP contribution in [0.25, 0.3) is 0 Å². The van der Waals surface area contributed by atoms with E-state index >= 15 is 0 Å². The van der Waals surface area contributed by atoms with Gasteiger partial charge in [-0.1, -0.05) is 44.9 Å². The van der Waals surface area contributed by atoms with Gasteiger partial charge in [-0.2, -0.15) is 0 Å². The van der Waals surface area contributed by atoms with Gasteiger partial charge >= 0.3 is 0 Å². The molecular weight excluding hydrogens is 256 g/mol. The van der Waals surface area contributed by atoms with E-state index in [0.29, 0.717) is 16.7 Å². The minimum atomic E-state index is 0.415. The van der Waals surface area contributed by atoms with Gasteiger partial charge in [-0.05, 0) is 74.2 Å². The zero-order valence-corrected chi connectivity index (χ0v) is 14.4. The molecule has 0 amide bonds. The lowest BCUT2D eigenvalue weighted by Gasteiger charge is -2.58. The number of rotatable bonds is 4. The Morgan fingerprint density at radius 1 is 1.33 bits per heavy atom. The Labute approximate surface area is 130 Å². The van der Waals surface area contributed by atoms with Crippen LogP contribution >= 0.6 is 0 Å². The largest absolute Gasteiger partial charge is 0.299 e. The second-order valence-corrected chi connectivity index (χ2v) is 8.34. The Balaban J connectivity index is 2.19. The second-order valence-electron chi connectivity index (χ2n) is 8.34. The van der Waals surface area contributed by atoms with Crippen LogP contribution in [0.15, 0.2) is 23.8 Å². The molecule has 2 fully saturated rings. The first-order valence-corrected chi connectivity index (χ1v) is 8.60. The molecule has 21 heavy (non-hydrogen) atoms. The summed E-state index contributed by atoms with van der Waals surface area (Å²) in [6.45, 7) is 13.9. The van der Waals surface area contributed by atoms with Crippen molar-refractivity contribution in [3.8, 4) is 0 Å². The Hall–Kier alpha value is -0.850. The van der Waals surface area contributed by atoms with Crippen molar-refractivity contribution in [2.24, 2.45) is 22.7 Å². The van der Waals surface area contributed by atoms with Gasteiger partial charge in [-0.15, -0.1) is 0 Å². The van der Waals surface area contributed by atoms with Gasteiger partial charge < -0.3 is 0 Å². The second kappa shape index (κ2) is 6.10. The van der Waals surface area contributed by atoms with E-state index in [4.69, 9.17) is 0 Å². The van der Waals surface area contributed by atoms with Gasteiger partial charge in [0.1, 0.15) is 6.29 Å². The highest BCUT2D eigenvalue weighted by molar-refractivity contribution is 5.65. The van der Waals surface area contributed by atoms with Crippen molar-refractivity contribution >= 4 is 6.29 Å². The van der Waals surface area contributed by atoms with Gasteiger partial charge in [0.05, 0.1) is 0 Å². The summed E-state index contributed by atoms with van der Waals surface area (Å²) >= 11 is 0. The molecule has 2 aliphatic rings. The fourth-order valence-corrected chi connectivity index (χ4v) is 5.38. The molecule has 3 unspecified atom stereocenters. The first-order chi connectivity index (χ1) is 9.81. The molecular formula is C20H32O. The maximum absolute atomic E-state index is 10.6. The minimum Gasteiger partial charge on any atom is -0.299 e. The summed E-state index contributed by atoms with van der Waals surface area (Å²) in [4.78, 5) is 10.6. The average molecular weight is 288 g/mol. The number of hydrogen-bond donors (Lipinski definition) is 0. The van der Waals surface area contributed by atoms with Crippen LogP contribution in [-0.2, 0) is 4.79 Å². The van der Waals surface area contributed by atoms with Gasteiger partial charge in [-0.25, -0.2) is 0 Å². The van der Waals surface area contributed by atoms with Crippen LogP contribution < -0.4 is 0 Å². The predicted molar refractivity (Wildman–Crippen MR) is 90.1 cm³/mol. The molecule has 3 atom stereocenters. The van der Waals surface area contributed by atoms with Crippen LogP contribution in [0.5, 0.6) is 0 Å². The van der Waals surface area contributed by atoms with Crippen molar-refractivity contribution in [2.75, 3.05) is 0 Å². The Bertz CT molecular complexity index is 443. The van der Waals surface area contributed by atoms with E-state index in [1.165, 1.54) is 43.3 Å². The number of hydrogen-bond acceptors (Lipinski definition) is 1. The fraction of sp³-hybridized carbons (Fsp3) is 0.750. The molecule has 0 aromatic rings. The third-order valence-corrected chi connectivity index (χ3v) is 6.50. The Kier molecular flexibility index (Phi) is 4.80. The van der Waals surface area contributed by atoms with Crippen LogP contribution in [0.4, 0.5) is 0 Å². The van der Waals surface area contributed by atoms with E-state index in [1.807, 2.05) is 0 Å². The van der Waals surface area contributed by atoms with Gasteiger partial charge in [0.25, 0.3) is 0 Å². The van der Waals surface area contributed by atoms with Crippen LogP contribution in [0, 0.1) is 22.7 Å². The lowest BCUT2D eigenvalue weighted by molar-refractivity contribution is -0.104. The SMILES string of the molecule is C=C1CCC2C(C)(C)CCCC2(C)C1CC/C(C)=C/C=O. The normalized spacial score (nSPS) is 36.2. The third kappa shape index (κ3) is 3.17. The third-order valence-electron chi connectivity index (χ3n) is 6.50. The number of allylic oxidation sites excluding steroid dienone is 3. The van der Waals surface area contributed by atoms with Crippen LogP contribution in [0.1, 0.15) is 72.6 Å². The predicted octanol–water partition coefficient (Wildman–Crippen LogP) is 5.71. The van der Waals surface area contributed by atoms with E-state index in [2.05, 4.69) is 34.3 Å². The van der Waals surface area contributed by atoms with Crippen molar-refractivity contribution in [3.63, 3.8) is 0 Å². The quantitative estimate of drug-likeness (QED) is 0.368. The van der Waals surface area contributed by atoms with Gasteiger partial charge in [0.15, 0.2) is 0 Å². The average Bonchev–Trinajstić information content (AvgIpc) is 2.37. The zero-order valence-electron chi connectivity index (χ0n) is 14.4. The van der Waals surface area contributed by atoms with Crippen molar-refractivity contribution in [1.29, 1.82) is 0 Å². The van der Waals surface area contributed by atoms with Crippen LogP contribution in [0.3, 0.4) is 0 Å². The Morgan fingerprint density at radius 3 is 2.71 bits per heavy atom. The molecule has 1 nitrogen and oxygen atoms in total. The summed E-state index contributed by atoms with van der Waals surface area (Å²) in [5.74, 6) is 1.45. The molecule has 0 radical (unpaired) electrons. The standard InChI is InChI=1S/C20H32O/c1-15(11-14-21)7-9-17-16(2)8-10-18-19(3,4)12-6-13-20(17,18)5/h11,14,17-18H,2,6-10,12-13H2,1,3-5H3/b15-11+. The van der Waals surface area contributed by atoms with Crippen LogP contribution in [0.2, 0.25) is 0 Å². The van der Waals surface area contributed by atoms with Crippen molar-refractivity contribution in [3.05, 3.63) is 23.8 Å². The number of carbonyl (C=O) groups excluding carboxylic acids is 1. The van der Waals surface area contributed by atoms with E-state index in [-0.39, 0.29) is 0 Å². The van der Waals surface area contributed by atoms with Crippen molar-refractivity contribution in [1.82, 2.24) is 0 Å². The zero-order chi connectivity index (χ0) is 15.7. The molecule has 0 aromatic carbocycles. The van der Waals surface area contributed by atoms with Crippen LogP contribution in [-0.4, -0.2) is 6.29 Å². The van der Waals surface area contributed by atoms with E-state index in [1.54, 1.807) is 6.08 Å². The molecule has 2 rings (SSSR count). The molecule has 118 valence electrons. The highest BCUT2D eigenvalue weighted by Crippen LogP contribution is 2.61. The first-order valence-electron chi connectivity index (χ1n) is 8.60. The molecule has 1 heteroatoms. The summed E-state index contributed by atoms with van der Waals surface area (Å²) in [6.07, 6.45) is 11.4. The monoisotopic (exact) mass is 288 g/mol. The van der Waals surface area contributed by atoms with E-state index < -0.39 is 0 Å². The molecule has 2 saturated carbocycles. The maximum atomic E-state index is 10.6. The van der Waals surface area contributed by atoms with Gasteiger partial charge in [0.2, 0.25) is 0 Å². The maximum Gasteiger partial charge on any atom is 0.142 e. The minimum absolute atomic E-state index is 0.415. The van der Waals surface area contributed by atoms with Crippen molar-refractivity contribution in [2.45, 2.75) is 72.6 Å². The van der Waals surface area contributed by atoms with E-state index in [9.17, 15) is 4.79 Å². The summed E-state index contributed by atoms with van der Waals surface area (Å²) in [5, 5.41) is 0. The smallest absolute Gasteiger partial charge is 0.142 e. The molecule has 0 aliphatic heterocycles. The van der Waals surface area contributed by atoms with Gasteiger partial charge in [-0.3, -0.25) is 4.79 Å². The molecule has 0 aromatic heterocycles. The summed E-state index contributed by atoms with van der Waals surface area (Å²) < 4.78 is 0. The summed E-state index contributed by atoms with van der Waals surface area (Å²) in [5.41, 5.74) is 3.56. The lowest BCUT2D eigenvalue weighted by Crippen LogP contribution is -2.49. The fourth-order valence-electron chi connectivity index (χ4n) is 5.38. The van der Waals surface area contributed by atoms with Crippen molar-refractivity contribution < 1.29 is 4.79 Å². The number of fused-ring (bicyclic) bond motifs is 1. The summed E-state index contributed by atoms with van der Waals surface area (Å²) in [7, 11) is 0. The lowest BCUT2D eigenvalue weighted by atomic mass is 9.47. The highest BCUT2D eigenvalue weighted by Gasteiger charge is 2.52. The number of carbonyl (C=O) groups is 1.